The van der Waals surface area contributed by atoms with Crippen molar-refractivity contribution < 1.29 is 4.79 Å². The average Bonchev–Trinajstić information content (AvgIpc) is 2.83. The highest BCUT2D eigenvalue weighted by atomic mass is 32.2. The van der Waals surface area contributed by atoms with Gasteiger partial charge in [-0.15, -0.1) is 10.2 Å². The molecule has 0 unspecified atom stereocenters. The molecule has 20 heavy (non-hydrogen) atoms. The molecule has 7 heteroatoms. The Bertz CT molecular complexity index is 471. The number of nitrogens with zero attached hydrogens (tertiary/aromatic N) is 4. The third-order valence-corrected chi connectivity index (χ3v) is 3.76. The maximum absolute atomic E-state index is 12.1. The fraction of sp³-hybridized carbons (Fsp3) is 0.615. The minimum absolute atomic E-state index is 0.0838. The Balaban J connectivity index is 2.64. The van der Waals surface area contributed by atoms with Crippen molar-refractivity contribution in [2.45, 2.75) is 39.0 Å². The van der Waals surface area contributed by atoms with E-state index in [-0.39, 0.29) is 5.91 Å². The molecule has 0 aromatic carbocycles. The normalized spacial score (nSPS) is 10.6. The number of aromatic nitrogens is 3. The van der Waals surface area contributed by atoms with E-state index in [2.05, 4.69) is 16.8 Å². The lowest BCUT2D eigenvalue weighted by Crippen LogP contribution is -2.33. The van der Waals surface area contributed by atoms with Crippen molar-refractivity contribution in [2.24, 2.45) is 5.73 Å². The van der Waals surface area contributed by atoms with Crippen LogP contribution in [0.15, 0.2) is 17.3 Å². The highest BCUT2D eigenvalue weighted by Gasteiger charge is 2.15. The van der Waals surface area contributed by atoms with Gasteiger partial charge in [0.15, 0.2) is 5.16 Å². The Morgan fingerprint density at radius 3 is 2.65 bits per heavy atom. The SMILES string of the molecule is C=C(C)CN(CC)C(=O)CSc1nnc(CN)n1CC. The van der Waals surface area contributed by atoms with Crippen molar-refractivity contribution in [1.29, 1.82) is 0 Å². The van der Waals surface area contributed by atoms with Crippen LogP contribution in [0.25, 0.3) is 0 Å². The lowest BCUT2D eigenvalue weighted by molar-refractivity contribution is -0.127. The van der Waals surface area contributed by atoms with Gasteiger partial charge in [0.05, 0.1) is 12.3 Å². The van der Waals surface area contributed by atoms with E-state index in [0.717, 1.165) is 23.1 Å². The average molecular weight is 297 g/mol. The summed E-state index contributed by atoms with van der Waals surface area (Å²) in [5, 5.41) is 8.85. The van der Waals surface area contributed by atoms with Gasteiger partial charge in [-0.25, -0.2) is 0 Å². The number of hydrogen-bond acceptors (Lipinski definition) is 5. The van der Waals surface area contributed by atoms with E-state index >= 15 is 0 Å². The van der Waals surface area contributed by atoms with Gasteiger partial charge in [0.25, 0.3) is 0 Å². The van der Waals surface area contributed by atoms with Crippen LogP contribution >= 0.6 is 11.8 Å². The van der Waals surface area contributed by atoms with E-state index in [0.29, 0.717) is 25.4 Å². The Labute approximate surface area is 124 Å². The molecule has 0 fully saturated rings. The number of likely N-dealkylation sites (N-methyl/N-ethyl adjacent to an activating group) is 1. The molecule has 0 bridgehead atoms. The van der Waals surface area contributed by atoms with Crippen LogP contribution in [0.3, 0.4) is 0 Å². The molecule has 0 saturated carbocycles. The minimum Gasteiger partial charge on any atom is -0.338 e. The van der Waals surface area contributed by atoms with Crippen molar-refractivity contribution >= 4 is 17.7 Å². The van der Waals surface area contributed by atoms with Gasteiger partial charge in [-0.1, -0.05) is 23.9 Å². The van der Waals surface area contributed by atoms with E-state index in [9.17, 15) is 4.79 Å². The summed E-state index contributed by atoms with van der Waals surface area (Å²) in [4.78, 5) is 13.9. The summed E-state index contributed by atoms with van der Waals surface area (Å²) < 4.78 is 1.94. The van der Waals surface area contributed by atoms with Gasteiger partial charge in [0.1, 0.15) is 5.82 Å². The zero-order valence-electron chi connectivity index (χ0n) is 12.4. The van der Waals surface area contributed by atoms with Gasteiger partial charge in [-0.05, 0) is 20.8 Å². The number of amides is 1. The number of thioether (sulfide) groups is 1. The molecule has 6 nitrogen and oxygen atoms in total. The number of rotatable bonds is 8. The lowest BCUT2D eigenvalue weighted by atomic mass is 10.3. The number of nitrogens with two attached hydrogens (primary N) is 1. The van der Waals surface area contributed by atoms with Crippen LogP contribution in [0.1, 0.15) is 26.6 Å². The first kappa shape index (κ1) is 16.7. The molecule has 0 saturated heterocycles. The van der Waals surface area contributed by atoms with E-state index in [1.807, 2.05) is 25.3 Å². The quantitative estimate of drug-likeness (QED) is 0.577. The topological polar surface area (TPSA) is 77.0 Å². The predicted octanol–water partition coefficient (Wildman–Crippen LogP) is 1.27. The molecule has 2 N–H and O–H groups in total. The Morgan fingerprint density at radius 1 is 1.45 bits per heavy atom. The van der Waals surface area contributed by atoms with Crippen LogP contribution in [-0.4, -0.2) is 44.4 Å². The van der Waals surface area contributed by atoms with Crippen molar-refractivity contribution in [3.05, 3.63) is 18.0 Å². The van der Waals surface area contributed by atoms with Crippen LogP contribution in [0, 0.1) is 0 Å². The second-order valence-corrected chi connectivity index (χ2v) is 5.44. The predicted molar refractivity (Wildman–Crippen MR) is 81.4 cm³/mol. The van der Waals surface area contributed by atoms with Crippen LogP contribution in [0.2, 0.25) is 0 Å². The van der Waals surface area contributed by atoms with Crippen molar-refractivity contribution in [3.63, 3.8) is 0 Å². The second-order valence-electron chi connectivity index (χ2n) is 4.50. The molecule has 0 radical (unpaired) electrons. The van der Waals surface area contributed by atoms with Crippen LogP contribution in [0.5, 0.6) is 0 Å². The highest BCUT2D eigenvalue weighted by Crippen LogP contribution is 2.17. The molecule has 1 rings (SSSR count). The standard InChI is InChI=1S/C13H23N5OS/c1-5-17(8-10(3)4)12(19)9-20-13-16-15-11(7-14)18(13)6-2/h3,5-9,14H2,1-2,4H3. The molecule has 1 aromatic rings. The highest BCUT2D eigenvalue weighted by molar-refractivity contribution is 7.99. The summed E-state index contributed by atoms with van der Waals surface area (Å²) in [5.74, 6) is 1.18. The van der Waals surface area contributed by atoms with Gasteiger partial charge < -0.3 is 15.2 Å². The van der Waals surface area contributed by atoms with Crippen LogP contribution < -0.4 is 5.73 Å². The van der Waals surface area contributed by atoms with E-state index < -0.39 is 0 Å². The third-order valence-electron chi connectivity index (χ3n) is 2.81. The molecule has 0 atom stereocenters. The van der Waals surface area contributed by atoms with E-state index in [1.54, 1.807) is 4.90 Å². The fourth-order valence-electron chi connectivity index (χ4n) is 1.81. The Morgan fingerprint density at radius 2 is 2.15 bits per heavy atom. The smallest absolute Gasteiger partial charge is 0.233 e. The van der Waals surface area contributed by atoms with Crippen LogP contribution in [-0.2, 0) is 17.9 Å². The summed E-state index contributed by atoms with van der Waals surface area (Å²) in [5.41, 5.74) is 6.58. The molecular formula is C13H23N5OS. The van der Waals surface area contributed by atoms with Gasteiger partial charge in [0.2, 0.25) is 5.91 Å². The fourth-order valence-corrected chi connectivity index (χ4v) is 2.74. The first-order valence-electron chi connectivity index (χ1n) is 6.70. The molecule has 1 aromatic heterocycles. The molecule has 112 valence electrons. The Hall–Kier alpha value is -1.34. The Kier molecular flexibility index (Phi) is 6.74. The second kappa shape index (κ2) is 8.06. The zero-order valence-corrected chi connectivity index (χ0v) is 13.2. The van der Waals surface area contributed by atoms with Crippen molar-refractivity contribution in [3.8, 4) is 0 Å². The molecule has 0 aliphatic rings. The molecule has 1 heterocycles. The van der Waals surface area contributed by atoms with Crippen molar-refractivity contribution in [2.75, 3.05) is 18.8 Å². The maximum Gasteiger partial charge on any atom is 0.233 e. The zero-order chi connectivity index (χ0) is 15.1. The lowest BCUT2D eigenvalue weighted by Gasteiger charge is -2.20. The molecular weight excluding hydrogens is 274 g/mol. The summed E-state index contributed by atoms with van der Waals surface area (Å²) in [6.45, 7) is 12.1. The summed E-state index contributed by atoms with van der Waals surface area (Å²) in [6.07, 6.45) is 0. The van der Waals surface area contributed by atoms with Gasteiger partial charge in [0, 0.05) is 19.6 Å². The maximum atomic E-state index is 12.1. The number of carbonyl (C=O) groups excluding carboxylic acids is 1. The third kappa shape index (κ3) is 4.35. The monoisotopic (exact) mass is 297 g/mol. The molecule has 0 spiro atoms. The largest absolute Gasteiger partial charge is 0.338 e. The molecule has 1 amide bonds. The van der Waals surface area contributed by atoms with Crippen molar-refractivity contribution in [1.82, 2.24) is 19.7 Å². The first-order chi connectivity index (χ1) is 9.53. The van der Waals surface area contributed by atoms with E-state index in [4.69, 9.17) is 5.73 Å². The van der Waals surface area contributed by atoms with Gasteiger partial charge >= 0.3 is 0 Å². The van der Waals surface area contributed by atoms with E-state index in [1.165, 1.54) is 11.8 Å². The summed E-state index contributed by atoms with van der Waals surface area (Å²) in [7, 11) is 0. The number of hydrogen-bond donors (Lipinski definition) is 1. The first-order valence-corrected chi connectivity index (χ1v) is 7.69. The molecule has 0 aliphatic heterocycles. The van der Waals surface area contributed by atoms with Gasteiger partial charge in [-0.2, -0.15) is 0 Å². The van der Waals surface area contributed by atoms with Crippen LogP contribution in [0.4, 0.5) is 0 Å². The minimum atomic E-state index is 0.0838. The summed E-state index contributed by atoms with van der Waals surface area (Å²) in [6, 6.07) is 0. The summed E-state index contributed by atoms with van der Waals surface area (Å²) >= 11 is 1.40. The number of carbonyl (C=O) groups is 1. The molecule has 0 aliphatic carbocycles. The van der Waals surface area contributed by atoms with Gasteiger partial charge in [-0.3, -0.25) is 4.79 Å².